The number of aliphatic hydroxyl groups is 4. The van der Waals surface area contributed by atoms with E-state index in [0.717, 1.165) is 0 Å². The molecule has 1 fully saturated rings. The van der Waals surface area contributed by atoms with Crippen LogP contribution < -0.4 is 0 Å². The molecule has 0 aromatic carbocycles. The van der Waals surface area contributed by atoms with Crippen molar-refractivity contribution < 1.29 is 25.2 Å². The van der Waals surface area contributed by atoms with E-state index in [1.54, 1.807) is 6.92 Å². The number of ether oxygens (including phenoxy) is 1. The highest BCUT2D eigenvalue weighted by Gasteiger charge is 2.43. The van der Waals surface area contributed by atoms with Crippen LogP contribution in [-0.4, -0.2) is 57.6 Å². The van der Waals surface area contributed by atoms with E-state index in [1.165, 1.54) is 0 Å². The molecule has 1 rings (SSSR count). The van der Waals surface area contributed by atoms with E-state index in [1.807, 2.05) is 0 Å². The van der Waals surface area contributed by atoms with Crippen LogP contribution in [0, 0.1) is 0 Å². The summed E-state index contributed by atoms with van der Waals surface area (Å²) in [7, 11) is 0. The maximum absolute atomic E-state index is 9.28. The molecule has 1 heterocycles. The van der Waals surface area contributed by atoms with E-state index < -0.39 is 37.1 Å². The van der Waals surface area contributed by atoms with Gasteiger partial charge in [0, 0.05) is 0 Å². The molecule has 1 saturated heterocycles. The van der Waals surface area contributed by atoms with Gasteiger partial charge in [-0.25, -0.2) is 0 Å². The van der Waals surface area contributed by atoms with Gasteiger partial charge in [0.15, 0.2) is 0 Å². The zero-order valence-electron chi connectivity index (χ0n) is 6.79. The maximum atomic E-state index is 9.28. The van der Waals surface area contributed by atoms with Crippen LogP contribution in [0.1, 0.15) is 6.92 Å². The third-order valence-electron chi connectivity index (χ3n) is 2.11. The van der Waals surface area contributed by atoms with Crippen molar-refractivity contribution in [2.45, 2.75) is 37.4 Å². The molecule has 0 saturated carbocycles. The minimum absolute atomic E-state index is 0.485. The predicted octanol–water partition coefficient (Wildman–Crippen LogP) is -2.15. The molecule has 0 aromatic heterocycles. The fourth-order valence-corrected chi connectivity index (χ4v) is 1.30. The zero-order chi connectivity index (χ0) is 9.30. The van der Waals surface area contributed by atoms with Crippen molar-refractivity contribution in [3.63, 3.8) is 0 Å². The first-order chi connectivity index (χ1) is 5.57. The molecule has 0 aromatic rings. The summed E-state index contributed by atoms with van der Waals surface area (Å²) < 4.78 is 5.03. The summed E-state index contributed by atoms with van der Waals surface area (Å²) in [5.41, 5.74) is 0. The number of hydrogen-bond acceptors (Lipinski definition) is 5. The van der Waals surface area contributed by atoms with E-state index >= 15 is 0 Å². The van der Waals surface area contributed by atoms with Crippen molar-refractivity contribution in [2.24, 2.45) is 0 Å². The minimum atomic E-state index is -1.14. The SMILES string of the molecule is C[C@H]1O[C@H]([C@H](O)CO)[C@@H](O)[C@H]1O. The van der Waals surface area contributed by atoms with Gasteiger partial charge >= 0.3 is 0 Å². The molecule has 1 aliphatic heterocycles. The molecule has 72 valence electrons. The fourth-order valence-electron chi connectivity index (χ4n) is 1.30. The lowest BCUT2D eigenvalue weighted by molar-refractivity contribution is -0.0786. The molecule has 5 heteroatoms. The van der Waals surface area contributed by atoms with Crippen LogP contribution in [0.3, 0.4) is 0 Å². The Kier molecular flexibility index (Phi) is 3.03. The van der Waals surface area contributed by atoms with Gasteiger partial charge in [-0.3, -0.25) is 0 Å². The monoisotopic (exact) mass is 178 g/mol. The lowest BCUT2D eigenvalue weighted by Gasteiger charge is -2.18. The van der Waals surface area contributed by atoms with E-state index in [2.05, 4.69) is 0 Å². The first kappa shape index (κ1) is 9.88. The largest absolute Gasteiger partial charge is 0.394 e. The molecule has 4 N–H and O–H groups in total. The molecule has 0 amide bonds. The summed E-state index contributed by atoms with van der Waals surface area (Å²) in [6.45, 7) is 1.11. The smallest absolute Gasteiger partial charge is 0.115 e. The minimum Gasteiger partial charge on any atom is -0.394 e. The molecule has 0 unspecified atom stereocenters. The molecule has 0 bridgehead atoms. The summed E-state index contributed by atoms with van der Waals surface area (Å²) in [5, 5.41) is 36.2. The number of aliphatic hydroxyl groups excluding tert-OH is 4. The Labute approximate surface area is 70.2 Å². The average molecular weight is 178 g/mol. The molecular formula is C7H14O5. The Balaban J connectivity index is 2.58. The van der Waals surface area contributed by atoms with Crippen molar-refractivity contribution in [1.82, 2.24) is 0 Å². The topological polar surface area (TPSA) is 90.2 Å². The summed E-state index contributed by atoms with van der Waals surface area (Å²) >= 11 is 0. The van der Waals surface area contributed by atoms with Crippen LogP contribution in [-0.2, 0) is 4.74 Å². The molecule has 0 radical (unpaired) electrons. The Bertz CT molecular complexity index is 151. The van der Waals surface area contributed by atoms with E-state index in [0.29, 0.717) is 0 Å². The third kappa shape index (κ3) is 1.60. The highest BCUT2D eigenvalue weighted by molar-refractivity contribution is 4.91. The van der Waals surface area contributed by atoms with Gasteiger partial charge in [-0.1, -0.05) is 0 Å². The van der Waals surface area contributed by atoms with E-state index in [-0.39, 0.29) is 0 Å². The van der Waals surface area contributed by atoms with Gasteiger partial charge in [0.25, 0.3) is 0 Å². The second kappa shape index (κ2) is 3.68. The van der Waals surface area contributed by atoms with Gasteiger partial charge in [-0.15, -0.1) is 0 Å². The molecule has 5 nitrogen and oxygen atoms in total. The van der Waals surface area contributed by atoms with Crippen LogP contribution in [0.25, 0.3) is 0 Å². The highest BCUT2D eigenvalue weighted by atomic mass is 16.6. The maximum Gasteiger partial charge on any atom is 0.115 e. The second-order valence-electron chi connectivity index (χ2n) is 3.04. The second-order valence-corrected chi connectivity index (χ2v) is 3.04. The Hall–Kier alpha value is -0.200. The molecule has 5 atom stereocenters. The summed E-state index contributed by atoms with van der Waals surface area (Å²) in [6, 6.07) is 0. The van der Waals surface area contributed by atoms with Gasteiger partial charge in [-0.2, -0.15) is 0 Å². The zero-order valence-corrected chi connectivity index (χ0v) is 6.79. The molecule has 1 aliphatic rings. The van der Waals surface area contributed by atoms with Gasteiger partial charge in [0.2, 0.25) is 0 Å². The van der Waals surface area contributed by atoms with Crippen molar-refractivity contribution >= 4 is 0 Å². The van der Waals surface area contributed by atoms with E-state index in [4.69, 9.17) is 14.9 Å². The first-order valence-electron chi connectivity index (χ1n) is 3.88. The lowest BCUT2D eigenvalue weighted by atomic mass is 10.1. The standard InChI is InChI=1S/C7H14O5/c1-3-5(10)6(11)7(12-3)4(9)2-8/h3-11H,2H2,1H3/t3-,4-,5+,6+,7-/m1/s1. The lowest BCUT2D eigenvalue weighted by Crippen LogP contribution is -2.40. The van der Waals surface area contributed by atoms with Gasteiger partial charge in [0.05, 0.1) is 12.7 Å². The summed E-state index contributed by atoms with van der Waals surface area (Å²) in [6.07, 6.45) is -4.65. The van der Waals surface area contributed by atoms with Crippen LogP contribution in [0.4, 0.5) is 0 Å². The van der Waals surface area contributed by atoms with Gasteiger partial charge in [0.1, 0.15) is 24.4 Å². The fraction of sp³-hybridized carbons (Fsp3) is 1.00. The van der Waals surface area contributed by atoms with Crippen molar-refractivity contribution in [1.29, 1.82) is 0 Å². The molecular weight excluding hydrogens is 164 g/mol. The summed E-state index contributed by atoms with van der Waals surface area (Å²) in [5.74, 6) is 0. The Morgan fingerprint density at radius 1 is 1.33 bits per heavy atom. The van der Waals surface area contributed by atoms with Gasteiger partial charge in [-0.05, 0) is 6.92 Å². The molecule has 0 spiro atoms. The van der Waals surface area contributed by atoms with Gasteiger partial charge < -0.3 is 25.2 Å². The van der Waals surface area contributed by atoms with Crippen LogP contribution in [0.5, 0.6) is 0 Å². The predicted molar refractivity (Wildman–Crippen MR) is 39.4 cm³/mol. The average Bonchev–Trinajstić information content (AvgIpc) is 2.32. The normalized spacial score (nSPS) is 44.8. The first-order valence-corrected chi connectivity index (χ1v) is 3.88. The van der Waals surface area contributed by atoms with Crippen LogP contribution in [0.2, 0.25) is 0 Å². The Morgan fingerprint density at radius 3 is 2.25 bits per heavy atom. The number of hydrogen-bond donors (Lipinski definition) is 4. The molecule has 0 aliphatic carbocycles. The summed E-state index contributed by atoms with van der Waals surface area (Å²) in [4.78, 5) is 0. The molecule has 12 heavy (non-hydrogen) atoms. The third-order valence-corrected chi connectivity index (χ3v) is 2.11. The van der Waals surface area contributed by atoms with Crippen molar-refractivity contribution in [3.05, 3.63) is 0 Å². The quantitative estimate of drug-likeness (QED) is 0.387. The van der Waals surface area contributed by atoms with Crippen LogP contribution >= 0.6 is 0 Å². The van der Waals surface area contributed by atoms with E-state index in [9.17, 15) is 10.2 Å². The Morgan fingerprint density at radius 2 is 1.92 bits per heavy atom. The van der Waals surface area contributed by atoms with Crippen LogP contribution in [0.15, 0.2) is 0 Å². The highest BCUT2D eigenvalue weighted by Crippen LogP contribution is 2.22. The number of rotatable bonds is 2. The van der Waals surface area contributed by atoms with Crippen molar-refractivity contribution in [2.75, 3.05) is 6.61 Å². The van der Waals surface area contributed by atoms with Crippen molar-refractivity contribution in [3.8, 4) is 0 Å².